The molecule has 0 bridgehead atoms. The Morgan fingerprint density at radius 1 is 1.45 bits per heavy atom. The molecule has 5 nitrogen and oxygen atoms in total. The third-order valence-electron chi connectivity index (χ3n) is 1.63. The van der Waals surface area contributed by atoms with Gasteiger partial charge in [-0.2, -0.15) is 0 Å². The lowest BCUT2D eigenvalue weighted by Gasteiger charge is -2.18. The molecule has 5 heteroatoms. The summed E-state index contributed by atoms with van der Waals surface area (Å²) in [5.74, 6) is 7.02. The highest BCUT2D eigenvalue weighted by atomic mass is 15.4. The smallest absolute Gasteiger partial charge is 0.135 e. The maximum atomic E-state index is 5.60. The van der Waals surface area contributed by atoms with Crippen molar-refractivity contribution in [2.45, 2.75) is 6.54 Å². The summed E-state index contributed by atoms with van der Waals surface area (Å²) in [4.78, 5) is 4.07. The summed E-state index contributed by atoms with van der Waals surface area (Å²) < 4.78 is 1.81. The first kappa shape index (κ1) is 6.23. The Morgan fingerprint density at radius 3 is 3.09 bits per heavy atom. The van der Waals surface area contributed by atoms with Crippen LogP contribution in [0.2, 0.25) is 0 Å². The lowest BCUT2D eigenvalue weighted by Crippen LogP contribution is -2.28. The molecule has 0 fully saturated rings. The summed E-state index contributed by atoms with van der Waals surface area (Å²) in [7, 11) is 0. The molecule has 0 saturated heterocycles. The highest BCUT2D eigenvalue weighted by molar-refractivity contribution is 5.41. The summed E-state index contributed by atoms with van der Waals surface area (Å²) in [6, 6.07) is 0. The first-order chi connectivity index (χ1) is 5.27. The Balaban J connectivity index is 2.48. The Labute approximate surface area is 63.9 Å². The van der Waals surface area contributed by atoms with E-state index >= 15 is 0 Å². The maximum absolute atomic E-state index is 5.60. The van der Waals surface area contributed by atoms with Gasteiger partial charge in [-0.1, -0.05) is 0 Å². The molecule has 4 N–H and O–H groups in total. The van der Waals surface area contributed by atoms with Crippen molar-refractivity contribution in [3.63, 3.8) is 0 Å². The van der Waals surface area contributed by atoms with Crippen molar-refractivity contribution in [1.82, 2.24) is 14.6 Å². The molecule has 0 saturated carbocycles. The van der Waals surface area contributed by atoms with Crippen molar-refractivity contribution in [3.05, 3.63) is 18.2 Å². The molecule has 1 aliphatic heterocycles. The number of fused-ring (bicyclic) bond motifs is 1. The first-order valence-electron chi connectivity index (χ1n) is 3.28. The van der Waals surface area contributed by atoms with E-state index in [1.165, 1.54) is 0 Å². The number of aromatic nitrogens is 2. The van der Waals surface area contributed by atoms with Gasteiger partial charge in [0.05, 0.1) is 12.7 Å². The minimum absolute atomic E-state index is 0.605. The SMILES string of the molecule is Nc1cnc2n1C=CN(N)C2. The van der Waals surface area contributed by atoms with Crippen LogP contribution in [0, 0.1) is 0 Å². The Hall–Kier alpha value is -1.49. The maximum Gasteiger partial charge on any atom is 0.135 e. The summed E-state index contributed by atoms with van der Waals surface area (Å²) in [6.45, 7) is 0.605. The zero-order valence-corrected chi connectivity index (χ0v) is 5.94. The topological polar surface area (TPSA) is 73.1 Å². The molecule has 11 heavy (non-hydrogen) atoms. The second kappa shape index (κ2) is 2.00. The minimum Gasteiger partial charge on any atom is -0.383 e. The summed E-state index contributed by atoms with van der Waals surface area (Å²) >= 11 is 0. The third kappa shape index (κ3) is 0.857. The fourth-order valence-electron chi connectivity index (χ4n) is 1.07. The van der Waals surface area contributed by atoms with Gasteiger partial charge in [-0.05, 0) is 0 Å². The van der Waals surface area contributed by atoms with Crippen LogP contribution in [0.5, 0.6) is 0 Å². The molecule has 1 aromatic heterocycles. The second-order valence-electron chi connectivity index (χ2n) is 2.44. The van der Waals surface area contributed by atoms with Crippen LogP contribution in [0.3, 0.4) is 0 Å². The van der Waals surface area contributed by atoms with Crippen molar-refractivity contribution in [1.29, 1.82) is 0 Å². The molecule has 0 amide bonds. The van der Waals surface area contributed by atoms with Crippen molar-refractivity contribution < 1.29 is 0 Å². The van der Waals surface area contributed by atoms with E-state index in [0.717, 1.165) is 5.82 Å². The van der Waals surface area contributed by atoms with Crippen LogP contribution < -0.4 is 11.6 Å². The van der Waals surface area contributed by atoms with Gasteiger partial charge in [0.2, 0.25) is 0 Å². The predicted octanol–water partition coefficient (Wildman–Crippen LogP) is -0.417. The number of anilines is 1. The van der Waals surface area contributed by atoms with Gasteiger partial charge in [0.1, 0.15) is 11.6 Å². The largest absolute Gasteiger partial charge is 0.383 e. The number of hydrogen-bond acceptors (Lipinski definition) is 4. The van der Waals surface area contributed by atoms with E-state index in [1.807, 2.05) is 4.57 Å². The normalized spacial score (nSPS) is 15.2. The van der Waals surface area contributed by atoms with Crippen molar-refractivity contribution >= 4 is 12.0 Å². The number of nitrogens with zero attached hydrogens (tertiary/aromatic N) is 3. The Kier molecular flexibility index (Phi) is 1.13. The second-order valence-corrected chi connectivity index (χ2v) is 2.44. The first-order valence-corrected chi connectivity index (χ1v) is 3.28. The molecular formula is C6H9N5. The Bertz CT molecular complexity index is 300. The molecule has 0 aliphatic carbocycles. The highest BCUT2D eigenvalue weighted by Gasteiger charge is 2.10. The summed E-state index contributed by atoms with van der Waals surface area (Å²) in [5, 5.41) is 1.56. The van der Waals surface area contributed by atoms with Crippen LogP contribution in [0.1, 0.15) is 5.82 Å². The van der Waals surface area contributed by atoms with Gasteiger partial charge < -0.3 is 10.7 Å². The average Bonchev–Trinajstić information content (AvgIpc) is 2.32. The quantitative estimate of drug-likeness (QED) is 0.494. The van der Waals surface area contributed by atoms with Gasteiger partial charge in [0.25, 0.3) is 0 Å². The standard InChI is InChI=1S/C6H9N5/c7-5-3-9-6-4-10(8)1-2-11(5)6/h1-3H,4,7-8H2. The van der Waals surface area contributed by atoms with Gasteiger partial charge in [-0.3, -0.25) is 4.57 Å². The van der Waals surface area contributed by atoms with E-state index in [1.54, 1.807) is 23.6 Å². The van der Waals surface area contributed by atoms with Crippen LogP contribution in [-0.2, 0) is 6.54 Å². The van der Waals surface area contributed by atoms with Crippen LogP contribution >= 0.6 is 0 Å². The molecule has 58 valence electrons. The van der Waals surface area contributed by atoms with E-state index in [2.05, 4.69) is 4.98 Å². The molecule has 0 atom stereocenters. The molecule has 0 radical (unpaired) electrons. The van der Waals surface area contributed by atoms with Crippen LogP contribution in [0.15, 0.2) is 12.4 Å². The molecule has 1 aliphatic rings. The lowest BCUT2D eigenvalue weighted by molar-refractivity contribution is 0.366. The molecule has 0 aromatic carbocycles. The molecular weight excluding hydrogens is 142 g/mol. The van der Waals surface area contributed by atoms with Gasteiger partial charge in [-0.25, -0.2) is 10.8 Å². The number of nitrogens with two attached hydrogens (primary N) is 2. The zero-order valence-electron chi connectivity index (χ0n) is 5.94. The monoisotopic (exact) mass is 151 g/mol. The van der Waals surface area contributed by atoms with Crippen LogP contribution in [0.4, 0.5) is 5.82 Å². The highest BCUT2D eigenvalue weighted by Crippen LogP contribution is 2.13. The lowest BCUT2D eigenvalue weighted by atomic mass is 10.5. The van der Waals surface area contributed by atoms with Gasteiger partial charge >= 0.3 is 0 Å². The molecule has 0 spiro atoms. The third-order valence-corrected chi connectivity index (χ3v) is 1.63. The van der Waals surface area contributed by atoms with E-state index in [9.17, 15) is 0 Å². The van der Waals surface area contributed by atoms with Gasteiger partial charge in [0, 0.05) is 12.4 Å². The Morgan fingerprint density at radius 2 is 2.27 bits per heavy atom. The fourth-order valence-corrected chi connectivity index (χ4v) is 1.07. The molecule has 0 unspecified atom stereocenters. The number of hydrogen-bond donors (Lipinski definition) is 2. The number of nitrogen functional groups attached to an aromatic ring is 1. The molecule has 2 heterocycles. The van der Waals surface area contributed by atoms with Crippen LogP contribution in [0.25, 0.3) is 6.20 Å². The number of rotatable bonds is 0. The van der Waals surface area contributed by atoms with Crippen molar-refractivity contribution in [2.24, 2.45) is 5.84 Å². The van der Waals surface area contributed by atoms with Crippen molar-refractivity contribution in [2.75, 3.05) is 5.73 Å². The van der Waals surface area contributed by atoms with E-state index in [4.69, 9.17) is 11.6 Å². The van der Waals surface area contributed by atoms with E-state index in [0.29, 0.717) is 12.4 Å². The number of hydrazine groups is 1. The van der Waals surface area contributed by atoms with Gasteiger partial charge in [-0.15, -0.1) is 0 Å². The van der Waals surface area contributed by atoms with Crippen molar-refractivity contribution in [3.8, 4) is 0 Å². The summed E-state index contributed by atoms with van der Waals surface area (Å²) in [6.07, 6.45) is 5.17. The minimum atomic E-state index is 0.605. The fraction of sp³-hybridized carbons (Fsp3) is 0.167. The summed E-state index contributed by atoms with van der Waals surface area (Å²) in [5.41, 5.74) is 5.60. The molecule has 2 rings (SSSR count). The van der Waals surface area contributed by atoms with Crippen LogP contribution in [-0.4, -0.2) is 14.6 Å². The molecule has 1 aromatic rings. The van der Waals surface area contributed by atoms with Gasteiger partial charge in [0.15, 0.2) is 0 Å². The predicted molar refractivity (Wildman–Crippen MR) is 41.7 cm³/mol. The average molecular weight is 151 g/mol. The van der Waals surface area contributed by atoms with E-state index in [-0.39, 0.29) is 0 Å². The zero-order chi connectivity index (χ0) is 7.84. The number of imidazole rings is 1. The van der Waals surface area contributed by atoms with E-state index < -0.39 is 0 Å².